The van der Waals surface area contributed by atoms with Gasteiger partial charge in [0.15, 0.2) is 0 Å². The van der Waals surface area contributed by atoms with Crippen LogP contribution in [0.5, 0.6) is 0 Å². The SMILES string of the molecule is Cl.Cl.O=C(Cc1csc(-c2cccc(F)c2)n1)NCCNC1CCCCCC1. The third kappa shape index (κ3) is 8.03. The number of thiazole rings is 1. The van der Waals surface area contributed by atoms with Gasteiger partial charge in [-0.1, -0.05) is 37.8 Å². The maximum absolute atomic E-state index is 13.3. The van der Waals surface area contributed by atoms with E-state index in [-0.39, 0.29) is 43.0 Å². The van der Waals surface area contributed by atoms with E-state index in [9.17, 15) is 9.18 Å². The molecule has 28 heavy (non-hydrogen) atoms. The van der Waals surface area contributed by atoms with E-state index in [0.29, 0.717) is 12.6 Å². The van der Waals surface area contributed by atoms with E-state index >= 15 is 0 Å². The van der Waals surface area contributed by atoms with Crippen LogP contribution in [0.2, 0.25) is 0 Å². The molecule has 1 aliphatic carbocycles. The normalized spacial score (nSPS) is 14.5. The number of benzene rings is 1. The van der Waals surface area contributed by atoms with Crippen molar-refractivity contribution < 1.29 is 9.18 Å². The lowest BCUT2D eigenvalue weighted by molar-refractivity contribution is -0.120. The van der Waals surface area contributed by atoms with Gasteiger partial charge in [0.2, 0.25) is 5.91 Å². The van der Waals surface area contributed by atoms with E-state index in [1.54, 1.807) is 6.07 Å². The van der Waals surface area contributed by atoms with Crippen molar-refractivity contribution in [1.29, 1.82) is 0 Å². The van der Waals surface area contributed by atoms with Crippen LogP contribution < -0.4 is 10.6 Å². The summed E-state index contributed by atoms with van der Waals surface area (Å²) in [6, 6.07) is 6.96. The minimum atomic E-state index is -0.279. The molecule has 1 amide bonds. The molecule has 8 heteroatoms. The molecule has 1 aromatic carbocycles. The molecule has 3 rings (SSSR count). The van der Waals surface area contributed by atoms with Gasteiger partial charge in [-0.2, -0.15) is 0 Å². The number of nitrogens with zero attached hydrogens (tertiary/aromatic N) is 1. The Morgan fingerprint density at radius 2 is 1.89 bits per heavy atom. The summed E-state index contributed by atoms with van der Waals surface area (Å²) in [6.07, 6.45) is 8.06. The Bertz CT molecular complexity index is 721. The predicted molar refractivity (Wildman–Crippen MR) is 118 cm³/mol. The van der Waals surface area contributed by atoms with Crippen molar-refractivity contribution in [3.8, 4) is 10.6 Å². The van der Waals surface area contributed by atoms with Crippen molar-refractivity contribution in [2.24, 2.45) is 0 Å². The number of carbonyl (C=O) groups excluding carboxylic acids is 1. The van der Waals surface area contributed by atoms with Gasteiger partial charge in [0.05, 0.1) is 12.1 Å². The molecule has 0 bridgehead atoms. The molecule has 2 N–H and O–H groups in total. The molecule has 2 aromatic rings. The highest BCUT2D eigenvalue weighted by molar-refractivity contribution is 7.13. The van der Waals surface area contributed by atoms with Crippen molar-refractivity contribution in [2.75, 3.05) is 13.1 Å². The Labute approximate surface area is 182 Å². The van der Waals surface area contributed by atoms with Crippen molar-refractivity contribution in [3.05, 3.63) is 41.2 Å². The third-order valence-corrected chi connectivity index (χ3v) is 5.64. The highest BCUT2D eigenvalue weighted by atomic mass is 35.5. The van der Waals surface area contributed by atoms with E-state index < -0.39 is 0 Å². The van der Waals surface area contributed by atoms with Crippen molar-refractivity contribution in [2.45, 2.75) is 51.0 Å². The monoisotopic (exact) mass is 447 g/mol. The van der Waals surface area contributed by atoms with E-state index in [0.717, 1.165) is 22.8 Å². The molecule has 0 atom stereocenters. The lowest BCUT2D eigenvalue weighted by atomic mass is 10.1. The first kappa shape index (κ1) is 24.8. The molecule has 1 aromatic heterocycles. The van der Waals surface area contributed by atoms with Gasteiger partial charge in [0.1, 0.15) is 10.8 Å². The molecule has 0 saturated heterocycles. The number of nitrogens with one attached hydrogen (secondary N) is 2. The molecule has 0 unspecified atom stereocenters. The molecule has 1 heterocycles. The van der Waals surface area contributed by atoms with Crippen molar-refractivity contribution in [1.82, 2.24) is 15.6 Å². The summed E-state index contributed by atoms with van der Waals surface area (Å²) in [7, 11) is 0. The topological polar surface area (TPSA) is 54.0 Å². The first-order valence-corrected chi connectivity index (χ1v) is 10.3. The molecule has 0 spiro atoms. The molecular formula is C20H28Cl2FN3OS. The molecule has 4 nitrogen and oxygen atoms in total. The molecule has 0 aliphatic heterocycles. The number of hydrogen-bond acceptors (Lipinski definition) is 4. The second-order valence-corrected chi connectivity index (χ2v) is 7.68. The van der Waals surface area contributed by atoms with E-state index in [1.807, 2.05) is 11.4 Å². The van der Waals surface area contributed by atoms with Crippen LogP contribution in [0.15, 0.2) is 29.6 Å². The smallest absolute Gasteiger partial charge is 0.226 e. The second kappa shape index (κ2) is 13.1. The first-order valence-electron chi connectivity index (χ1n) is 9.41. The van der Waals surface area contributed by atoms with Crippen LogP contribution in [0, 0.1) is 5.82 Å². The average Bonchev–Trinajstić information content (AvgIpc) is 2.93. The number of halogens is 3. The highest BCUT2D eigenvalue weighted by Crippen LogP contribution is 2.24. The summed E-state index contributed by atoms with van der Waals surface area (Å²) < 4.78 is 13.3. The second-order valence-electron chi connectivity index (χ2n) is 6.82. The Morgan fingerprint density at radius 3 is 2.61 bits per heavy atom. The van der Waals surface area contributed by atoms with E-state index in [4.69, 9.17) is 0 Å². The summed E-state index contributed by atoms with van der Waals surface area (Å²) >= 11 is 1.43. The Balaban J connectivity index is 0.00000196. The molecular weight excluding hydrogens is 420 g/mol. The number of rotatable bonds is 7. The summed E-state index contributed by atoms with van der Waals surface area (Å²) in [5, 5.41) is 9.10. The van der Waals surface area contributed by atoms with Crippen LogP contribution >= 0.6 is 36.2 Å². The zero-order chi connectivity index (χ0) is 18.2. The van der Waals surface area contributed by atoms with Crippen molar-refractivity contribution in [3.63, 3.8) is 0 Å². The number of hydrogen-bond donors (Lipinski definition) is 2. The van der Waals surface area contributed by atoms with Crippen LogP contribution in [-0.2, 0) is 11.2 Å². The first-order chi connectivity index (χ1) is 12.7. The minimum absolute atomic E-state index is 0. The zero-order valence-electron chi connectivity index (χ0n) is 15.8. The zero-order valence-corrected chi connectivity index (χ0v) is 18.2. The van der Waals surface area contributed by atoms with Gasteiger partial charge in [-0.05, 0) is 25.0 Å². The van der Waals surface area contributed by atoms with Gasteiger partial charge in [0.25, 0.3) is 0 Å². The summed E-state index contributed by atoms with van der Waals surface area (Å²) in [6.45, 7) is 1.44. The molecule has 1 saturated carbocycles. The molecule has 1 aliphatic rings. The van der Waals surface area contributed by atoms with Gasteiger partial charge < -0.3 is 10.6 Å². The molecule has 0 radical (unpaired) electrons. The Kier molecular flexibility index (Phi) is 11.6. The molecule has 156 valence electrons. The standard InChI is InChI=1S/C20H26FN3OS.2ClH/c21-16-7-5-6-15(12-16)20-24-18(14-26-20)13-19(25)23-11-10-22-17-8-3-1-2-4-9-17;;/h5-7,12,14,17,22H,1-4,8-11,13H2,(H,23,25);2*1H. The quantitative estimate of drug-likeness (QED) is 0.474. The highest BCUT2D eigenvalue weighted by Gasteiger charge is 2.12. The third-order valence-electron chi connectivity index (χ3n) is 4.70. The lowest BCUT2D eigenvalue weighted by Crippen LogP contribution is -2.37. The average molecular weight is 448 g/mol. The van der Waals surface area contributed by atoms with E-state index in [2.05, 4.69) is 15.6 Å². The van der Waals surface area contributed by atoms with Gasteiger partial charge in [-0.15, -0.1) is 36.2 Å². The summed E-state index contributed by atoms with van der Waals surface area (Å²) in [5.74, 6) is -0.304. The summed E-state index contributed by atoms with van der Waals surface area (Å²) in [5.41, 5.74) is 1.47. The fourth-order valence-electron chi connectivity index (χ4n) is 3.33. The van der Waals surface area contributed by atoms with Crippen LogP contribution in [0.4, 0.5) is 4.39 Å². The Morgan fingerprint density at radius 1 is 1.14 bits per heavy atom. The molecule has 1 fully saturated rings. The fraction of sp³-hybridized carbons (Fsp3) is 0.500. The maximum atomic E-state index is 13.3. The van der Waals surface area contributed by atoms with Crippen LogP contribution in [0.3, 0.4) is 0 Å². The summed E-state index contributed by atoms with van der Waals surface area (Å²) in [4.78, 5) is 16.5. The van der Waals surface area contributed by atoms with Crippen molar-refractivity contribution >= 4 is 42.1 Å². The largest absolute Gasteiger partial charge is 0.354 e. The van der Waals surface area contributed by atoms with Gasteiger partial charge in [-0.25, -0.2) is 9.37 Å². The van der Waals surface area contributed by atoms with Crippen LogP contribution in [0.1, 0.15) is 44.2 Å². The lowest BCUT2D eigenvalue weighted by Gasteiger charge is -2.16. The number of carbonyl (C=O) groups is 1. The maximum Gasteiger partial charge on any atom is 0.226 e. The Hall–Kier alpha value is -1.21. The van der Waals surface area contributed by atoms with Gasteiger partial charge >= 0.3 is 0 Å². The number of amides is 1. The van der Waals surface area contributed by atoms with E-state index in [1.165, 1.54) is 62.0 Å². The predicted octanol–water partition coefficient (Wildman–Crippen LogP) is 4.76. The van der Waals surface area contributed by atoms with Crippen LogP contribution in [0.25, 0.3) is 10.6 Å². The fourth-order valence-corrected chi connectivity index (χ4v) is 4.15. The van der Waals surface area contributed by atoms with Crippen LogP contribution in [-0.4, -0.2) is 30.0 Å². The minimum Gasteiger partial charge on any atom is -0.354 e. The van der Waals surface area contributed by atoms with Gasteiger partial charge in [0, 0.05) is 30.1 Å². The van der Waals surface area contributed by atoms with Gasteiger partial charge in [-0.3, -0.25) is 4.79 Å². The number of aromatic nitrogens is 1.